The second kappa shape index (κ2) is 6.56. The average Bonchev–Trinajstić information content (AvgIpc) is 2.61. The van der Waals surface area contributed by atoms with Crippen molar-refractivity contribution in [3.8, 4) is 5.75 Å². The van der Waals surface area contributed by atoms with Gasteiger partial charge in [-0.2, -0.15) is 0 Å². The van der Waals surface area contributed by atoms with Crippen LogP contribution in [0, 0.1) is 17.8 Å². The highest BCUT2D eigenvalue weighted by molar-refractivity contribution is 6.70. The first kappa shape index (κ1) is 17.8. The van der Waals surface area contributed by atoms with Crippen molar-refractivity contribution in [2.45, 2.75) is 64.8 Å². The second-order valence-corrected chi connectivity index (χ2v) is 13.4. The lowest BCUT2D eigenvalue weighted by atomic mass is 9.63. The van der Waals surface area contributed by atoms with E-state index in [1.807, 2.05) is 24.3 Å². The zero-order chi connectivity index (χ0) is 18.5. The van der Waals surface area contributed by atoms with Crippen LogP contribution in [-0.2, 0) is 4.43 Å². The summed E-state index contributed by atoms with van der Waals surface area (Å²) in [5.41, 5.74) is 2.20. The first-order valence-corrected chi connectivity index (χ1v) is 13.5. The smallest absolute Gasteiger partial charge is 0.241 e. The fourth-order valence-electron chi connectivity index (χ4n) is 5.08. The van der Waals surface area contributed by atoms with E-state index in [0.29, 0.717) is 5.92 Å². The molecule has 0 bridgehead atoms. The Balaban J connectivity index is 1.83. The molecule has 1 fully saturated rings. The molecule has 4 atom stereocenters. The number of hydrogen-bond acceptors (Lipinski definition) is 3. The van der Waals surface area contributed by atoms with Crippen molar-refractivity contribution in [2.24, 2.45) is 17.8 Å². The first-order chi connectivity index (χ1) is 12.4. The summed E-state index contributed by atoms with van der Waals surface area (Å²) in [5.74, 6) is 2.66. The Kier molecular flexibility index (Phi) is 4.50. The van der Waals surface area contributed by atoms with Crippen molar-refractivity contribution in [2.75, 3.05) is 0 Å². The molecule has 0 saturated heterocycles. The van der Waals surface area contributed by atoms with E-state index in [1.165, 1.54) is 24.2 Å². The number of rotatable bonds is 3. The van der Waals surface area contributed by atoms with Gasteiger partial charge in [0.1, 0.15) is 11.9 Å². The number of para-hydroxylation sites is 1. The number of ketones is 1. The Hall–Kier alpha value is -1.55. The van der Waals surface area contributed by atoms with E-state index < -0.39 is 8.32 Å². The van der Waals surface area contributed by atoms with E-state index in [2.05, 4.69) is 26.6 Å². The van der Waals surface area contributed by atoms with Crippen molar-refractivity contribution in [1.29, 1.82) is 0 Å². The molecule has 0 spiro atoms. The summed E-state index contributed by atoms with van der Waals surface area (Å²) >= 11 is 0. The molecule has 3 aliphatic rings. The third-order valence-corrected chi connectivity index (χ3v) is 6.90. The zero-order valence-corrected chi connectivity index (χ0v) is 17.4. The van der Waals surface area contributed by atoms with E-state index in [9.17, 15) is 4.79 Å². The van der Waals surface area contributed by atoms with Crippen molar-refractivity contribution in [3.63, 3.8) is 0 Å². The van der Waals surface area contributed by atoms with Gasteiger partial charge in [-0.1, -0.05) is 25.5 Å². The van der Waals surface area contributed by atoms with Gasteiger partial charge in [-0.15, -0.1) is 0 Å². The minimum Gasteiger partial charge on any atom is -0.547 e. The molecule has 140 valence electrons. The quantitative estimate of drug-likeness (QED) is 0.651. The molecule has 3 nitrogen and oxygen atoms in total. The lowest BCUT2D eigenvalue weighted by Crippen LogP contribution is -2.52. The number of fused-ring (bicyclic) bond motifs is 4. The molecule has 0 N–H and O–H groups in total. The van der Waals surface area contributed by atoms with Crippen LogP contribution >= 0.6 is 0 Å². The van der Waals surface area contributed by atoms with E-state index in [-0.39, 0.29) is 23.7 Å². The van der Waals surface area contributed by atoms with Crippen LogP contribution in [0.4, 0.5) is 0 Å². The molecule has 0 radical (unpaired) electrons. The van der Waals surface area contributed by atoms with Crippen LogP contribution in [0.5, 0.6) is 5.75 Å². The van der Waals surface area contributed by atoms with Gasteiger partial charge >= 0.3 is 0 Å². The van der Waals surface area contributed by atoms with Crippen molar-refractivity contribution in [3.05, 3.63) is 41.2 Å². The standard InChI is InChI=1S/C22H30O3Si/c1-5-14-21(25-26(2,3)4)16-11-7-6-10-15(16)19-20(23)17-12-8-9-13-18(17)24-22(14)19/h8-9,12-15,19,22H,5-7,10-11H2,1-4H3/t14?,15?,19-,22-/m0/s1. The fourth-order valence-corrected chi connectivity index (χ4v) is 6.03. The van der Waals surface area contributed by atoms with Gasteiger partial charge < -0.3 is 9.16 Å². The first-order valence-electron chi connectivity index (χ1n) is 10.1. The molecule has 0 amide bonds. The van der Waals surface area contributed by atoms with E-state index >= 15 is 0 Å². The van der Waals surface area contributed by atoms with Crippen LogP contribution in [0.3, 0.4) is 0 Å². The number of allylic oxidation sites excluding steroid dienone is 1. The van der Waals surface area contributed by atoms with Gasteiger partial charge in [-0.3, -0.25) is 4.79 Å². The number of ether oxygens (including phenoxy) is 1. The fraction of sp³-hybridized carbons (Fsp3) is 0.591. The Morgan fingerprint density at radius 1 is 1.19 bits per heavy atom. The lowest BCUT2D eigenvalue weighted by Gasteiger charge is -2.49. The maximum absolute atomic E-state index is 13.4. The zero-order valence-electron chi connectivity index (χ0n) is 16.4. The van der Waals surface area contributed by atoms with E-state index in [4.69, 9.17) is 9.16 Å². The van der Waals surface area contributed by atoms with Gasteiger partial charge in [0, 0.05) is 0 Å². The highest BCUT2D eigenvalue weighted by Gasteiger charge is 2.52. The molecular weight excluding hydrogens is 340 g/mol. The van der Waals surface area contributed by atoms with Gasteiger partial charge in [0.2, 0.25) is 8.32 Å². The molecule has 1 aromatic carbocycles. The summed E-state index contributed by atoms with van der Waals surface area (Å²) in [5, 5.41) is 0. The molecule has 4 heteroatoms. The van der Waals surface area contributed by atoms with Crippen molar-refractivity contribution >= 4 is 14.1 Å². The molecule has 0 aromatic heterocycles. The molecule has 1 aliphatic heterocycles. The summed E-state index contributed by atoms with van der Waals surface area (Å²) in [4.78, 5) is 13.4. The SMILES string of the molecule is CCC1C(O[Si](C)(C)C)=C2CCCCC2[C@H]2C(=O)c3ccccc3O[C@@H]12. The summed E-state index contributed by atoms with van der Waals surface area (Å²) in [6.45, 7) is 8.95. The van der Waals surface area contributed by atoms with E-state index in [1.54, 1.807) is 0 Å². The molecule has 2 aliphatic carbocycles. The van der Waals surface area contributed by atoms with Crippen LogP contribution in [0.15, 0.2) is 35.6 Å². The number of benzene rings is 1. The summed E-state index contributed by atoms with van der Waals surface area (Å²) < 4.78 is 13.1. The highest BCUT2D eigenvalue weighted by atomic mass is 28.4. The average molecular weight is 371 g/mol. The van der Waals surface area contributed by atoms with Crippen LogP contribution < -0.4 is 4.74 Å². The maximum atomic E-state index is 13.4. The number of carbonyl (C=O) groups is 1. The third-order valence-electron chi connectivity index (χ3n) is 6.07. The van der Waals surface area contributed by atoms with Crippen LogP contribution in [-0.4, -0.2) is 20.2 Å². The maximum Gasteiger partial charge on any atom is 0.241 e. The van der Waals surface area contributed by atoms with Crippen LogP contribution in [0.2, 0.25) is 19.6 Å². The van der Waals surface area contributed by atoms with Crippen molar-refractivity contribution in [1.82, 2.24) is 0 Å². The lowest BCUT2D eigenvalue weighted by molar-refractivity contribution is 0.0141. The molecule has 1 heterocycles. The molecule has 26 heavy (non-hydrogen) atoms. The number of Topliss-reactive ketones (excluding diaryl/α,β-unsaturated/α-hetero) is 1. The third kappa shape index (κ3) is 2.92. The molecule has 2 unspecified atom stereocenters. The number of carbonyl (C=O) groups excluding carboxylic acids is 1. The Labute approximate surface area is 157 Å². The predicted molar refractivity (Wildman–Crippen MR) is 106 cm³/mol. The Morgan fingerprint density at radius 2 is 1.96 bits per heavy atom. The van der Waals surface area contributed by atoms with Crippen molar-refractivity contribution < 1.29 is 14.0 Å². The second-order valence-electron chi connectivity index (χ2n) is 8.94. The van der Waals surface area contributed by atoms with Gasteiger partial charge in [0.25, 0.3) is 0 Å². The minimum absolute atomic E-state index is 0.0425. The van der Waals surface area contributed by atoms with Gasteiger partial charge in [0.05, 0.1) is 23.2 Å². The monoisotopic (exact) mass is 370 g/mol. The largest absolute Gasteiger partial charge is 0.547 e. The summed E-state index contributed by atoms with van der Waals surface area (Å²) in [6, 6.07) is 7.76. The normalized spacial score (nSPS) is 30.8. The summed E-state index contributed by atoms with van der Waals surface area (Å²) in [6.07, 6.45) is 5.45. The summed E-state index contributed by atoms with van der Waals surface area (Å²) in [7, 11) is -1.72. The minimum atomic E-state index is -1.72. The van der Waals surface area contributed by atoms with Gasteiger partial charge in [-0.25, -0.2) is 0 Å². The Bertz CT molecular complexity index is 746. The molecule has 1 aromatic rings. The van der Waals surface area contributed by atoms with Gasteiger partial charge in [-0.05, 0) is 68.9 Å². The molecule has 4 rings (SSSR count). The Morgan fingerprint density at radius 3 is 2.69 bits per heavy atom. The van der Waals surface area contributed by atoms with Gasteiger partial charge in [0.15, 0.2) is 5.78 Å². The van der Waals surface area contributed by atoms with E-state index in [0.717, 1.165) is 30.6 Å². The highest BCUT2D eigenvalue weighted by Crippen LogP contribution is 2.51. The molecule has 1 saturated carbocycles. The van der Waals surface area contributed by atoms with Crippen LogP contribution in [0.25, 0.3) is 0 Å². The predicted octanol–water partition coefficient (Wildman–Crippen LogP) is 5.58. The topological polar surface area (TPSA) is 35.5 Å². The van der Waals surface area contributed by atoms with Crippen LogP contribution in [0.1, 0.15) is 49.4 Å². The number of hydrogen-bond donors (Lipinski definition) is 0. The molecular formula is C22H30O3Si.